The van der Waals surface area contributed by atoms with Crippen LogP contribution in [0.25, 0.3) is 0 Å². The molecule has 0 aromatic heterocycles. The van der Waals surface area contributed by atoms with Crippen molar-refractivity contribution in [3.05, 3.63) is 74.3 Å². The van der Waals surface area contributed by atoms with Gasteiger partial charge in [-0.3, -0.25) is 25.0 Å². The average Bonchev–Trinajstić information content (AvgIpc) is 3.03. The zero-order chi connectivity index (χ0) is 32.9. The van der Waals surface area contributed by atoms with Gasteiger partial charge < -0.3 is 14.2 Å². The molecule has 0 amide bonds. The number of ether oxygens (including phenoxy) is 3. The van der Waals surface area contributed by atoms with Gasteiger partial charge in [0.15, 0.2) is 6.61 Å². The summed E-state index contributed by atoms with van der Waals surface area (Å²) in [6.45, 7) is 1.63. The third kappa shape index (κ3) is 15.8. The first-order valence-electron chi connectivity index (χ1n) is 15.8. The van der Waals surface area contributed by atoms with Gasteiger partial charge in [-0.15, -0.1) is 0 Å². The van der Waals surface area contributed by atoms with Crippen LogP contribution in [-0.4, -0.2) is 40.5 Å². The Balaban J connectivity index is 1.55. The lowest BCUT2D eigenvalue weighted by atomic mass is 10.0. The molecule has 2 aromatic rings. The SMILES string of the molecule is CCCCCC[C@H](CCCCCCCCCCC(=O)OCC(=O)Oc1ccc([N+](=O)[O-])cc1)OC(=O)c1ccc([N+](=O)[O-])cc1. The van der Waals surface area contributed by atoms with Crippen LogP contribution in [-0.2, 0) is 19.1 Å². The Bertz CT molecular complexity index is 1210. The van der Waals surface area contributed by atoms with Crippen LogP contribution < -0.4 is 4.74 Å². The number of hydrogen-bond donors (Lipinski definition) is 0. The normalized spacial score (nSPS) is 11.4. The molecule has 0 aliphatic rings. The first-order valence-corrected chi connectivity index (χ1v) is 15.8. The Morgan fingerprint density at radius 3 is 1.69 bits per heavy atom. The molecule has 0 aliphatic heterocycles. The number of hydrogen-bond acceptors (Lipinski definition) is 10. The first kappa shape index (κ1) is 36.8. The highest BCUT2D eigenvalue weighted by molar-refractivity contribution is 5.89. The average molecular weight is 629 g/mol. The standard InChI is InChI=1S/C33H44N2O10/c1-2-3-4-11-14-29(45-33(38)26-17-19-27(20-18-26)34(39)40)15-12-9-7-5-6-8-10-13-16-31(36)43-25-32(37)44-30-23-21-28(22-24-30)35(41)42/h17-24,29H,2-16,25H2,1H3/t29-/m1/s1. The maximum atomic E-state index is 12.6. The van der Waals surface area contributed by atoms with Crippen molar-refractivity contribution in [3.63, 3.8) is 0 Å². The van der Waals surface area contributed by atoms with Crippen molar-refractivity contribution < 1.29 is 38.4 Å². The molecule has 2 aromatic carbocycles. The van der Waals surface area contributed by atoms with Crippen LogP contribution in [0.4, 0.5) is 11.4 Å². The minimum atomic E-state index is -0.761. The summed E-state index contributed by atoms with van der Waals surface area (Å²) < 4.78 is 15.7. The van der Waals surface area contributed by atoms with Crippen molar-refractivity contribution >= 4 is 29.3 Å². The summed E-state index contributed by atoms with van der Waals surface area (Å²) in [4.78, 5) is 56.8. The van der Waals surface area contributed by atoms with Crippen LogP contribution in [0.5, 0.6) is 5.75 Å². The molecule has 0 spiro atoms. The molecule has 0 radical (unpaired) electrons. The highest BCUT2D eigenvalue weighted by atomic mass is 16.6. The molecular weight excluding hydrogens is 584 g/mol. The Morgan fingerprint density at radius 1 is 0.667 bits per heavy atom. The van der Waals surface area contributed by atoms with E-state index >= 15 is 0 Å². The molecule has 45 heavy (non-hydrogen) atoms. The van der Waals surface area contributed by atoms with Crippen molar-refractivity contribution in [2.24, 2.45) is 0 Å². The lowest BCUT2D eigenvalue weighted by Crippen LogP contribution is -2.18. The number of unbranched alkanes of at least 4 members (excludes halogenated alkanes) is 10. The molecule has 12 heteroatoms. The van der Waals surface area contributed by atoms with E-state index in [1.54, 1.807) is 0 Å². The van der Waals surface area contributed by atoms with Gasteiger partial charge in [0.2, 0.25) is 0 Å². The van der Waals surface area contributed by atoms with Crippen LogP contribution in [0.3, 0.4) is 0 Å². The molecule has 0 unspecified atom stereocenters. The van der Waals surface area contributed by atoms with Crippen molar-refractivity contribution in [3.8, 4) is 5.75 Å². The molecule has 0 N–H and O–H groups in total. The Kier molecular flexibility index (Phi) is 17.5. The Hall–Kier alpha value is -4.35. The number of non-ortho nitro benzene ring substituents is 2. The number of nitro groups is 2. The molecule has 0 saturated heterocycles. The van der Waals surface area contributed by atoms with Crippen LogP contribution in [0.1, 0.15) is 114 Å². The molecule has 12 nitrogen and oxygen atoms in total. The van der Waals surface area contributed by atoms with Gasteiger partial charge in [0.05, 0.1) is 15.4 Å². The second kappa shape index (κ2) is 21.4. The van der Waals surface area contributed by atoms with E-state index < -0.39 is 34.4 Å². The highest BCUT2D eigenvalue weighted by Crippen LogP contribution is 2.20. The molecule has 2 rings (SSSR count). The van der Waals surface area contributed by atoms with Crippen molar-refractivity contribution in [1.82, 2.24) is 0 Å². The highest BCUT2D eigenvalue weighted by Gasteiger charge is 2.17. The van der Waals surface area contributed by atoms with E-state index in [4.69, 9.17) is 14.2 Å². The quantitative estimate of drug-likeness (QED) is 0.0386. The fourth-order valence-electron chi connectivity index (χ4n) is 4.71. The summed E-state index contributed by atoms with van der Waals surface area (Å²) in [5.41, 5.74) is 0.126. The van der Waals surface area contributed by atoms with Gasteiger partial charge in [-0.2, -0.15) is 0 Å². The van der Waals surface area contributed by atoms with Crippen molar-refractivity contribution in [1.29, 1.82) is 0 Å². The van der Waals surface area contributed by atoms with Gasteiger partial charge >= 0.3 is 17.9 Å². The predicted molar refractivity (Wildman–Crippen MR) is 167 cm³/mol. The third-order valence-corrected chi connectivity index (χ3v) is 7.25. The van der Waals surface area contributed by atoms with Gasteiger partial charge in [0.1, 0.15) is 11.9 Å². The predicted octanol–water partition coefficient (Wildman–Crippen LogP) is 8.05. The fourth-order valence-corrected chi connectivity index (χ4v) is 4.71. The number of benzene rings is 2. The fraction of sp³-hybridized carbons (Fsp3) is 0.545. The lowest BCUT2D eigenvalue weighted by Gasteiger charge is -2.18. The zero-order valence-electron chi connectivity index (χ0n) is 26.0. The lowest BCUT2D eigenvalue weighted by molar-refractivity contribution is -0.385. The number of nitrogens with zero attached hydrogens (tertiary/aromatic N) is 2. The van der Waals surface area contributed by atoms with Gasteiger partial charge in [-0.25, -0.2) is 9.59 Å². The van der Waals surface area contributed by atoms with Crippen molar-refractivity contribution in [2.75, 3.05) is 6.61 Å². The van der Waals surface area contributed by atoms with Gasteiger partial charge in [0, 0.05) is 30.7 Å². The summed E-state index contributed by atoms with van der Waals surface area (Å²) in [6.07, 6.45) is 13.7. The Labute approximate surface area is 263 Å². The van der Waals surface area contributed by atoms with E-state index in [0.717, 1.165) is 83.5 Å². The van der Waals surface area contributed by atoms with Crippen LogP contribution in [0.15, 0.2) is 48.5 Å². The van der Waals surface area contributed by atoms with Crippen LogP contribution in [0.2, 0.25) is 0 Å². The van der Waals surface area contributed by atoms with Gasteiger partial charge in [0.25, 0.3) is 11.4 Å². The Morgan fingerprint density at radius 2 is 1.16 bits per heavy atom. The number of esters is 3. The molecule has 0 bridgehead atoms. The third-order valence-electron chi connectivity index (χ3n) is 7.25. The van der Waals surface area contributed by atoms with E-state index in [9.17, 15) is 34.6 Å². The second-order valence-electron chi connectivity index (χ2n) is 10.9. The minimum Gasteiger partial charge on any atom is -0.459 e. The van der Waals surface area contributed by atoms with E-state index in [1.165, 1.54) is 48.5 Å². The molecule has 246 valence electrons. The number of carbonyl (C=O) groups excluding carboxylic acids is 3. The molecule has 0 saturated carbocycles. The molecular formula is C33H44N2O10. The second-order valence-corrected chi connectivity index (χ2v) is 10.9. The number of carbonyl (C=O) groups is 3. The van der Waals surface area contributed by atoms with E-state index in [2.05, 4.69) is 6.92 Å². The summed E-state index contributed by atoms with van der Waals surface area (Å²) >= 11 is 0. The summed E-state index contributed by atoms with van der Waals surface area (Å²) in [5.74, 6) is -1.56. The van der Waals surface area contributed by atoms with Gasteiger partial charge in [-0.1, -0.05) is 64.7 Å². The summed E-state index contributed by atoms with van der Waals surface area (Å²) in [6, 6.07) is 10.5. The van der Waals surface area contributed by atoms with E-state index in [0.29, 0.717) is 12.0 Å². The summed E-state index contributed by atoms with van der Waals surface area (Å²) in [7, 11) is 0. The number of rotatable bonds is 23. The number of nitro benzene ring substituents is 2. The first-order chi connectivity index (χ1) is 21.7. The molecule has 0 fully saturated rings. The monoisotopic (exact) mass is 628 g/mol. The maximum absolute atomic E-state index is 12.6. The largest absolute Gasteiger partial charge is 0.459 e. The van der Waals surface area contributed by atoms with E-state index in [-0.39, 0.29) is 29.6 Å². The minimum absolute atomic E-state index is 0.0658. The van der Waals surface area contributed by atoms with E-state index in [1.807, 2.05) is 0 Å². The molecule has 1 atom stereocenters. The van der Waals surface area contributed by atoms with Crippen LogP contribution in [0, 0.1) is 20.2 Å². The summed E-state index contributed by atoms with van der Waals surface area (Å²) in [5, 5.41) is 21.5. The van der Waals surface area contributed by atoms with Gasteiger partial charge in [-0.05, 0) is 56.4 Å². The van der Waals surface area contributed by atoms with Crippen molar-refractivity contribution in [2.45, 2.75) is 109 Å². The zero-order valence-corrected chi connectivity index (χ0v) is 26.0. The topological polar surface area (TPSA) is 165 Å². The maximum Gasteiger partial charge on any atom is 0.349 e. The molecule has 0 aliphatic carbocycles. The smallest absolute Gasteiger partial charge is 0.349 e. The van der Waals surface area contributed by atoms with Crippen LogP contribution >= 0.6 is 0 Å². The molecule has 0 heterocycles.